The largest absolute Gasteiger partial charge is 0.355 e. The number of nitrogens with one attached hydrogen (secondary N) is 3. The Morgan fingerprint density at radius 1 is 1.31 bits per heavy atom. The van der Waals surface area contributed by atoms with E-state index in [9.17, 15) is 14.9 Å². The van der Waals surface area contributed by atoms with E-state index in [0.717, 1.165) is 35.3 Å². The molecule has 0 bridgehead atoms. The van der Waals surface area contributed by atoms with Gasteiger partial charge in [-0.2, -0.15) is 5.26 Å². The molecule has 1 aliphatic rings. The Balaban J connectivity index is 1.59. The molecule has 2 amide bonds. The topological polar surface area (TPSA) is 86.4 Å². The van der Waals surface area contributed by atoms with Crippen molar-refractivity contribution in [3.05, 3.63) is 51.4 Å². The van der Waals surface area contributed by atoms with Gasteiger partial charge in [0.25, 0.3) is 11.8 Å². The van der Waals surface area contributed by atoms with Gasteiger partial charge in [0, 0.05) is 23.1 Å². The molecule has 3 N–H and O–H groups in total. The molecule has 1 heterocycles. The molecule has 6 nitrogen and oxygen atoms in total. The Bertz CT molecular complexity index is 943. The Labute approximate surface area is 175 Å². The lowest BCUT2D eigenvalue weighted by atomic mass is 9.89. The number of likely N-dealkylation sites (N-methyl/N-ethyl adjacent to an activating group) is 1. The fourth-order valence-electron chi connectivity index (χ4n) is 3.73. The normalized spacial score (nSPS) is 16.4. The van der Waals surface area contributed by atoms with Crippen LogP contribution in [0.3, 0.4) is 0 Å². The number of hydrogen-bond donors (Lipinski definition) is 3. The number of benzene rings is 1. The molecule has 1 aromatic carbocycles. The molecule has 152 valence electrons. The highest BCUT2D eigenvalue weighted by molar-refractivity contribution is 7.16. The lowest BCUT2D eigenvalue weighted by Crippen LogP contribution is -3.08. The fourth-order valence-corrected chi connectivity index (χ4v) is 5.11. The first-order valence-electron chi connectivity index (χ1n) is 9.88. The molecule has 3 rings (SSSR count). The molecule has 0 saturated carbocycles. The minimum absolute atomic E-state index is 0.0902. The predicted octanol–water partition coefficient (Wildman–Crippen LogP) is 1.76. The molecule has 0 saturated heterocycles. The molecule has 0 radical (unpaired) electrons. The zero-order chi connectivity index (χ0) is 21.0. The summed E-state index contributed by atoms with van der Waals surface area (Å²) in [6, 6.07) is 9.69. The third-order valence-electron chi connectivity index (χ3n) is 5.29. The van der Waals surface area contributed by atoms with Crippen molar-refractivity contribution < 1.29 is 14.5 Å². The number of fused-ring (bicyclic) bond motifs is 1. The summed E-state index contributed by atoms with van der Waals surface area (Å²) < 4.78 is 0. The Kier molecular flexibility index (Phi) is 6.68. The lowest BCUT2D eigenvalue weighted by molar-refractivity contribution is -0.885. The van der Waals surface area contributed by atoms with Crippen LogP contribution < -0.4 is 15.5 Å². The standard InChI is InChI=1S/C22H26N4O2S/c1-14-4-9-17-18(11-23)22(29-19(17)10-14)25-20(27)13-26(3)12-15-5-7-16(8-6-15)21(28)24-2/h5-8,14H,4,9-10,12-13H2,1-3H3,(H,24,28)(H,25,27)/p+1/t14-/m1/s1. The van der Waals surface area contributed by atoms with Crippen molar-refractivity contribution in [3.63, 3.8) is 0 Å². The van der Waals surface area contributed by atoms with Gasteiger partial charge < -0.3 is 15.5 Å². The first-order chi connectivity index (χ1) is 13.9. The van der Waals surface area contributed by atoms with Crippen LogP contribution in [-0.2, 0) is 24.2 Å². The zero-order valence-corrected chi connectivity index (χ0v) is 17.9. The van der Waals surface area contributed by atoms with Crippen molar-refractivity contribution in [2.75, 3.05) is 26.0 Å². The SMILES string of the molecule is CNC(=O)c1ccc(C[NH+](C)CC(=O)Nc2sc3c(c2C#N)CC[C@@H](C)C3)cc1. The highest BCUT2D eigenvalue weighted by Crippen LogP contribution is 2.39. The van der Waals surface area contributed by atoms with Crippen LogP contribution in [0.4, 0.5) is 5.00 Å². The van der Waals surface area contributed by atoms with Crippen LogP contribution in [0, 0.1) is 17.2 Å². The van der Waals surface area contributed by atoms with E-state index in [0.29, 0.717) is 35.1 Å². The summed E-state index contributed by atoms with van der Waals surface area (Å²) in [7, 11) is 3.56. The van der Waals surface area contributed by atoms with Crippen molar-refractivity contribution in [2.24, 2.45) is 5.92 Å². The van der Waals surface area contributed by atoms with E-state index in [4.69, 9.17) is 0 Å². The molecule has 2 atom stereocenters. The van der Waals surface area contributed by atoms with Gasteiger partial charge in [-0.3, -0.25) is 9.59 Å². The highest BCUT2D eigenvalue weighted by Gasteiger charge is 2.25. The summed E-state index contributed by atoms with van der Waals surface area (Å²) in [4.78, 5) is 26.4. The Hall–Kier alpha value is -2.69. The maximum Gasteiger partial charge on any atom is 0.280 e. The quantitative estimate of drug-likeness (QED) is 0.677. The molecular formula is C22H27N4O2S+. The van der Waals surface area contributed by atoms with Gasteiger partial charge in [0.2, 0.25) is 0 Å². The second kappa shape index (κ2) is 9.21. The molecule has 0 fully saturated rings. The maximum atomic E-state index is 12.6. The second-order valence-corrected chi connectivity index (χ2v) is 8.91. The summed E-state index contributed by atoms with van der Waals surface area (Å²) in [6.07, 6.45) is 3.00. The number of carbonyl (C=O) groups is 2. The van der Waals surface area contributed by atoms with Gasteiger partial charge in [-0.1, -0.05) is 19.1 Å². The number of quaternary nitrogens is 1. The minimum atomic E-state index is -0.113. The van der Waals surface area contributed by atoms with Gasteiger partial charge in [-0.05, 0) is 42.9 Å². The molecule has 0 spiro atoms. The molecular weight excluding hydrogens is 384 g/mol. The lowest BCUT2D eigenvalue weighted by Gasteiger charge is -2.17. The van der Waals surface area contributed by atoms with Crippen LogP contribution in [0.25, 0.3) is 0 Å². The maximum absolute atomic E-state index is 12.6. The number of carbonyl (C=O) groups excluding carboxylic acids is 2. The van der Waals surface area contributed by atoms with Gasteiger partial charge in [0.15, 0.2) is 6.54 Å². The van der Waals surface area contributed by atoms with E-state index in [1.54, 1.807) is 30.5 Å². The monoisotopic (exact) mass is 411 g/mol. The summed E-state index contributed by atoms with van der Waals surface area (Å²) in [6.45, 7) is 3.21. The van der Waals surface area contributed by atoms with Gasteiger partial charge in [-0.15, -0.1) is 11.3 Å². The number of hydrogen-bond acceptors (Lipinski definition) is 4. The predicted molar refractivity (Wildman–Crippen MR) is 114 cm³/mol. The van der Waals surface area contributed by atoms with Crippen molar-refractivity contribution in [1.29, 1.82) is 5.26 Å². The average molecular weight is 412 g/mol. The first-order valence-corrected chi connectivity index (χ1v) is 10.7. The van der Waals surface area contributed by atoms with E-state index in [1.807, 2.05) is 19.2 Å². The summed E-state index contributed by atoms with van der Waals surface area (Å²) in [5.41, 5.74) is 3.45. The molecule has 1 aromatic heterocycles. The molecule has 1 unspecified atom stereocenters. The molecule has 2 aromatic rings. The summed E-state index contributed by atoms with van der Waals surface area (Å²) in [5, 5.41) is 15.8. The zero-order valence-electron chi connectivity index (χ0n) is 17.1. The average Bonchev–Trinajstić information content (AvgIpc) is 3.03. The van der Waals surface area contributed by atoms with Crippen LogP contribution in [0.1, 0.15) is 45.3 Å². The smallest absolute Gasteiger partial charge is 0.280 e. The number of nitriles is 1. The molecule has 0 aliphatic heterocycles. The Morgan fingerprint density at radius 3 is 2.69 bits per heavy atom. The van der Waals surface area contributed by atoms with Gasteiger partial charge in [-0.25, -0.2) is 0 Å². The third-order valence-corrected chi connectivity index (χ3v) is 6.46. The summed E-state index contributed by atoms with van der Waals surface area (Å²) in [5.74, 6) is 0.423. The molecule has 1 aliphatic carbocycles. The first kappa shape index (κ1) is 21.0. The highest BCUT2D eigenvalue weighted by atomic mass is 32.1. The number of anilines is 1. The number of thiophene rings is 1. The minimum Gasteiger partial charge on any atom is -0.355 e. The van der Waals surface area contributed by atoms with Crippen molar-refractivity contribution in [1.82, 2.24) is 5.32 Å². The molecule has 7 heteroatoms. The van der Waals surface area contributed by atoms with Gasteiger partial charge in [0.05, 0.1) is 12.6 Å². The van der Waals surface area contributed by atoms with E-state index < -0.39 is 0 Å². The van der Waals surface area contributed by atoms with Crippen LogP contribution >= 0.6 is 11.3 Å². The number of nitrogens with zero attached hydrogens (tertiary/aromatic N) is 1. The van der Waals surface area contributed by atoms with Crippen LogP contribution in [0.5, 0.6) is 0 Å². The van der Waals surface area contributed by atoms with Crippen molar-refractivity contribution in [2.45, 2.75) is 32.7 Å². The number of amides is 2. The van der Waals surface area contributed by atoms with Crippen LogP contribution in [0.15, 0.2) is 24.3 Å². The number of rotatable bonds is 6. The Morgan fingerprint density at radius 2 is 2.03 bits per heavy atom. The van der Waals surface area contributed by atoms with Crippen molar-refractivity contribution >= 4 is 28.2 Å². The molecule has 29 heavy (non-hydrogen) atoms. The van der Waals surface area contributed by atoms with E-state index >= 15 is 0 Å². The summed E-state index contributed by atoms with van der Waals surface area (Å²) >= 11 is 1.55. The van der Waals surface area contributed by atoms with E-state index in [1.165, 1.54) is 4.88 Å². The van der Waals surface area contributed by atoms with Crippen LogP contribution in [0.2, 0.25) is 0 Å². The van der Waals surface area contributed by atoms with Crippen molar-refractivity contribution in [3.8, 4) is 6.07 Å². The fraction of sp³-hybridized carbons (Fsp3) is 0.409. The van der Waals surface area contributed by atoms with Crippen LogP contribution in [-0.4, -0.2) is 32.5 Å². The third kappa shape index (κ3) is 5.03. The van der Waals surface area contributed by atoms with E-state index in [-0.39, 0.29) is 11.8 Å². The second-order valence-electron chi connectivity index (χ2n) is 7.80. The van der Waals surface area contributed by atoms with Gasteiger partial charge >= 0.3 is 0 Å². The van der Waals surface area contributed by atoms with E-state index in [2.05, 4.69) is 23.6 Å². The van der Waals surface area contributed by atoms with Gasteiger partial charge in [0.1, 0.15) is 17.6 Å².